The average Bonchev–Trinajstić information content (AvgIpc) is 0.722. The van der Waals surface area contributed by atoms with E-state index in [9.17, 15) is 0 Å². The first-order valence-corrected chi connectivity index (χ1v) is 4.24. The number of rotatable bonds is 0. The topological polar surface area (TPSA) is 89.4 Å². The van der Waals surface area contributed by atoms with E-state index in [1.54, 1.807) is 0 Å². The fourth-order valence-electron chi connectivity index (χ4n) is 0. The Balaban J connectivity index is 0. The number of hydrogen-bond donors (Lipinski definition) is 1. The van der Waals surface area contributed by atoms with E-state index in [4.69, 9.17) is 13.7 Å². The molecule has 0 bridgehead atoms. The summed E-state index contributed by atoms with van der Waals surface area (Å²) in [5.41, 5.74) is 0. The lowest BCUT2D eigenvalue weighted by molar-refractivity contribution is -1.92. The molecule has 6 heteroatoms. The Morgan fingerprint density at radius 1 is 1.17 bits per heavy atom. The summed E-state index contributed by atoms with van der Waals surface area (Å²) in [6.07, 6.45) is 0. The summed E-state index contributed by atoms with van der Waals surface area (Å²) < 4.78 is 33.2. The van der Waals surface area contributed by atoms with E-state index < -0.39 is 20.1 Å². The molecule has 1 N–H and O–H groups in total. The molecule has 0 amide bonds. The Morgan fingerprint density at radius 2 is 1.17 bits per heavy atom. The Kier molecular flexibility index (Phi) is 4.27. The predicted molar refractivity (Wildman–Crippen MR) is 4.72 cm³/mol. The van der Waals surface area contributed by atoms with Gasteiger partial charge in [0.1, 0.15) is 0 Å². The van der Waals surface area contributed by atoms with E-state index in [0.717, 1.165) is 0 Å². The molecule has 0 unspecified atom stereocenters. The van der Waals surface area contributed by atoms with Crippen LogP contribution in [-0.2, 0) is 0 Å². The van der Waals surface area contributed by atoms with Gasteiger partial charge >= 0.3 is 20.1 Å². The summed E-state index contributed by atoms with van der Waals surface area (Å²) in [6.45, 7) is 0. The minimum absolute atomic E-state index is 0. The molecule has 0 heterocycles. The van der Waals surface area contributed by atoms with Gasteiger partial charge in [0.25, 0.3) is 0 Å². The molecule has 0 aromatic heterocycles. The smallest absolute Gasteiger partial charge is 0.269 e. The molecule has 0 atom stereocenters. The first-order chi connectivity index (χ1) is 2.00. The molecule has 40 valence electrons. The van der Waals surface area contributed by atoms with Gasteiger partial charge in [-0.15, -0.1) is 0 Å². The largest absolute Gasteiger partial charge is 0.368 e. The second kappa shape index (κ2) is 2.64. The first kappa shape index (κ1) is 9.71. The van der Waals surface area contributed by atoms with Gasteiger partial charge in [0.05, 0.1) is 0 Å². The highest BCUT2D eigenvalue weighted by Crippen LogP contribution is 0.420. The third kappa shape index (κ3) is 221. The van der Waals surface area contributed by atoms with Gasteiger partial charge in [-0.3, -0.25) is 15.0 Å². The second-order valence-electron chi connectivity index (χ2n) is 0.396. The Labute approximate surface area is 39.1 Å². The summed E-state index contributed by atoms with van der Waals surface area (Å²) in [4.78, 5) is 0. The van der Waals surface area contributed by atoms with Crippen molar-refractivity contribution in [3.8, 4) is 0 Å². The van der Waals surface area contributed by atoms with Gasteiger partial charge in [-0.25, -0.2) is 0 Å². The van der Waals surface area contributed by atoms with E-state index >= 15 is 0 Å². The molecule has 0 spiro atoms. The molecular weight excluding hydrogens is 210 g/mol. The van der Waals surface area contributed by atoms with Crippen LogP contribution in [0.3, 0.4) is 0 Å². The number of hydrogen-bond acceptors (Lipinski definition) is 4. The molecule has 0 fully saturated rings. The van der Waals surface area contributed by atoms with Crippen molar-refractivity contribution in [1.82, 2.24) is 0 Å². The van der Waals surface area contributed by atoms with Crippen LogP contribution in [-0.4, -0.2) is 3.44 Å². The summed E-state index contributed by atoms with van der Waals surface area (Å²) in [6, 6.07) is 0. The molecule has 0 aliphatic heterocycles. The Bertz CT molecular complexity index is 23.0. The van der Waals surface area contributed by atoms with E-state index in [-0.39, 0.29) is 4.70 Å². The van der Waals surface area contributed by atoms with Gasteiger partial charge in [-0.2, -0.15) is 0 Å². The molecule has 0 aliphatic rings. The van der Waals surface area contributed by atoms with Gasteiger partial charge in [-0.1, -0.05) is 0 Å². The molecular formula is H2FIO4. The van der Waals surface area contributed by atoms with Crippen LogP contribution in [0.2, 0.25) is 0 Å². The van der Waals surface area contributed by atoms with Crippen LogP contribution in [0.4, 0.5) is 4.70 Å². The maximum absolute atomic E-state index is 8.73. The van der Waals surface area contributed by atoms with Gasteiger partial charge in [0.15, 0.2) is 0 Å². The lowest BCUT2D eigenvalue weighted by Gasteiger charge is -1.93. The van der Waals surface area contributed by atoms with Crippen molar-refractivity contribution < 1.29 is 38.5 Å². The van der Waals surface area contributed by atoms with E-state index in [1.165, 1.54) is 0 Å². The molecule has 0 saturated heterocycles. The van der Waals surface area contributed by atoms with Gasteiger partial charge in [0.2, 0.25) is 0 Å². The Hall–Kier alpha value is 0.500. The SMILES string of the molecule is F.[O-][I+3]([O-])([O-])O. The van der Waals surface area contributed by atoms with Crippen LogP contribution in [0.25, 0.3) is 0 Å². The van der Waals surface area contributed by atoms with Crippen LogP contribution >= 0.6 is 0 Å². The lowest BCUT2D eigenvalue weighted by atomic mass is 16.0. The first-order valence-electron chi connectivity index (χ1n) is 0.632. The van der Waals surface area contributed by atoms with Crippen molar-refractivity contribution in [3.63, 3.8) is 0 Å². The highest BCUT2D eigenvalue weighted by atomic mass is 127. The molecule has 0 aromatic rings. The third-order valence-electron chi connectivity index (χ3n) is 0. The summed E-state index contributed by atoms with van der Waals surface area (Å²) >= 11 is -5.69. The maximum atomic E-state index is 8.73. The standard InChI is InChI=1S/FH.HIO4/c;2-1(3,4)5/h1H;2H. The zero-order chi connectivity index (χ0) is 4.50. The van der Waals surface area contributed by atoms with Gasteiger partial charge in [0, 0.05) is 3.44 Å². The molecule has 0 aromatic carbocycles. The average molecular weight is 212 g/mol. The summed E-state index contributed by atoms with van der Waals surface area (Å²) in [5.74, 6) is 0. The summed E-state index contributed by atoms with van der Waals surface area (Å²) in [7, 11) is 0. The normalized spacial score (nSPS) is 10.0. The molecule has 0 radical (unpaired) electrons. The highest BCUT2D eigenvalue weighted by Gasteiger charge is 2.11. The van der Waals surface area contributed by atoms with E-state index in [1.807, 2.05) is 0 Å². The predicted octanol–water partition coefficient (Wildman–Crippen LogP) is -6.97. The maximum Gasteiger partial charge on any atom is 0.368 e. The van der Waals surface area contributed by atoms with Gasteiger partial charge in [-0.05, 0) is 0 Å². The van der Waals surface area contributed by atoms with Crippen LogP contribution in [0.15, 0.2) is 0 Å². The minimum atomic E-state index is -5.69. The monoisotopic (exact) mass is 212 g/mol. The second-order valence-corrected chi connectivity index (χ2v) is 2.66. The van der Waals surface area contributed by atoms with Crippen LogP contribution < -0.4 is 30.4 Å². The fourth-order valence-corrected chi connectivity index (χ4v) is 0. The zero-order valence-corrected chi connectivity index (χ0v) is 4.62. The lowest BCUT2D eigenvalue weighted by Crippen LogP contribution is -4.23. The van der Waals surface area contributed by atoms with Gasteiger partial charge < -0.3 is 0 Å². The fraction of sp³-hybridized carbons (Fsp3) is 0. The van der Waals surface area contributed by atoms with Crippen LogP contribution in [0.1, 0.15) is 0 Å². The van der Waals surface area contributed by atoms with Crippen molar-refractivity contribution in [1.29, 1.82) is 0 Å². The molecule has 4 nitrogen and oxygen atoms in total. The summed E-state index contributed by atoms with van der Waals surface area (Å²) in [5, 5.41) is 0. The van der Waals surface area contributed by atoms with Crippen LogP contribution in [0.5, 0.6) is 0 Å². The van der Waals surface area contributed by atoms with Crippen molar-refractivity contribution in [2.24, 2.45) is 0 Å². The van der Waals surface area contributed by atoms with E-state index in [2.05, 4.69) is 0 Å². The van der Waals surface area contributed by atoms with Crippen molar-refractivity contribution in [2.45, 2.75) is 0 Å². The van der Waals surface area contributed by atoms with E-state index in [0.29, 0.717) is 0 Å². The third-order valence-corrected chi connectivity index (χ3v) is 0. The molecule has 0 aliphatic carbocycles. The molecule has 6 heavy (non-hydrogen) atoms. The van der Waals surface area contributed by atoms with Crippen molar-refractivity contribution in [2.75, 3.05) is 0 Å². The molecule has 0 rings (SSSR count). The van der Waals surface area contributed by atoms with Crippen molar-refractivity contribution >= 4 is 0 Å². The molecule has 0 saturated carbocycles. The Morgan fingerprint density at radius 3 is 1.17 bits per heavy atom. The zero-order valence-electron chi connectivity index (χ0n) is 2.46. The number of halogens is 2. The quantitative estimate of drug-likeness (QED) is 0.404. The van der Waals surface area contributed by atoms with Crippen LogP contribution in [0, 0.1) is 0 Å². The highest BCUT2D eigenvalue weighted by molar-refractivity contribution is 2.15. The van der Waals surface area contributed by atoms with Crippen molar-refractivity contribution in [3.05, 3.63) is 0 Å². The minimum Gasteiger partial charge on any atom is -0.269 e.